The first kappa shape index (κ1) is 30.8. The molecule has 1 unspecified atom stereocenters. The van der Waals surface area contributed by atoms with Crippen molar-refractivity contribution in [2.75, 3.05) is 40.5 Å². The van der Waals surface area contributed by atoms with E-state index >= 15 is 0 Å². The number of methoxy groups -OCH3 is 1. The SMILES string of the molecule is CNCC(CCOc1cc(F)cc(C2(OC)CCOCC2)c1)c1nc(-c2ccc(S(N)(=O)=O)cc2)c(-c2ccccc2)o1. The predicted octanol–water partition coefficient (Wildman–Crippen LogP) is 5.22. The fraction of sp³-hybridized carbons (Fsp3) is 0.344. The Morgan fingerprint density at radius 3 is 2.42 bits per heavy atom. The Labute approximate surface area is 251 Å². The van der Waals surface area contributed by atoms with Crippen molar-refractivity contribution in [1.29, 1.82) is 0 Å². The molecular formula is C32H36FN3O6S. The van der Waals surface area contributed by atoms with Gasteiger partial charge in [-0.3, -0.25) is 0 Å². The van der Waals surface area contributed by atoms with Crippen LogP contribution in [0.1, 0.15) is 36.6 Å². The maximum atomic E-state index is 14.7. The van der Waals surface area contributed by atoms with Gasteiger partial charge in [0.2, 0.25) is 10.0 Å². The van der Waals surface area contributed by atoms with Crippen LogP contribution in [0.5, 0.6) is 5.75 Å². The molecular weight excluding hydrogens is 573 g/mol. The van der Waals surface area contributed by atoms with Gasteiger partial charge >= 0.3 is 0 Å². The molecule has 5 rings (SSSR count). The molecule has 9 nitrogen and oxygen atoms in total. The zero-order valence-corrected chi connectivity index (χ0v) is 25.0. The third kappa shape index (κ3) is 7.14. The van der Waals surface area contributed by atoms with Crippen LogP contribution in [-0.2, 0) is 25.1 Å². The first-order valence-corrected chi connectivity index (χ1v) is 15.7. The Kier molecular flexibility index (Phi) is 9.58. The average molecular weight is 610 g/mol. The Balaban J connectivity index is 1.39. The molecule has 1 fully saturated rings. The van der Waals surface area contributed by atoms with Crippen molar-refractivity contribution in [2.24, 2.45) is 5.14 Å². The molecule has 0 amide bonds. The lowest BCUT2D eigenvalue weighted by Gasteiger charge is -2.36. The maximum Gasteiger partial charge on any atom is 0.238 e. The summed E-state index contributed by atoms with van der Waals surface area (Å²) in [5.74, 6) is 0.938. The van der Waals surface area contributed by atoms with Gasteiger partial charge in [-0.1, -0.05) is 42.5 Å². The molecule has 0 spiro atoms. The number of hydrogen-bond donors (Lipinski definition) is 2. The molecule has 3 N–H and O–H groups in total. The average Bonchev–Trinajstić information content (AvgIpc) is 3.46. The van der Waals surface area contributed by atoms with Crippen LogP contribution in [0.25, 0.3) is 22.6 Å². The molecule has 1 aliphatic heterocycles. The van der Waals surface area contributed by atoms with E-state index in [9.17, 15) is 12.8 Å². The van der Waals surface area contributed by atoms with E-state index in [0.29, 0.717) is 74.3 Å². The van der Waals surface area contributed by atoms with Crippen LogP contribution in [-0.4, -0.2) is 53.9 Å². The quantitative estimate of drug-likeness (QED) is 0.224. The van der Waals surface area contributed by atoms with Crippen LogP contribution < -0.4 is 15.2 Å². The summed E-state index contributed by atoms with van der Waals surface area (Å²) in [6.45, 7) is 1.94. The number of oxazole rings is 1. The van der Waals surface area contributed by atoms with Crippen molar-refractivity contribution in [1.82, 2.24) is 10.3 Å². The van der Waals surface area contributed by atoms with Gasteiger partial charge in [-0.25, -0.2) is 22.9 Å². The number of halogens is 1. The highest BCUT2D eigenvalue weighted by Crippen LogP contribution is 2.38. The second-order valence-electron chi connectivity index (χ2n) is 10.5. The minimum absolute atomic E-state index is 0.0141. The van der Waals surface area contributed by atoms with Crippen molar-refractivity contribution >= 4 is 10.0 Å². The molecule has 43 heavy (non-hydrogen) atoms. The van der Waals surface area contributed by atoms with Gasteiger partial charge in [-0.05, 0) is 43.3 Å². The van der Waals surface area contributed by atoms with Crippen molar-refractivity contribution in [3.63, 3.8) is 0 Å². The van der Waals surface area contributed by atoms with Gasteiger partial charge < -0.3 is 23.9 Å². The number of aromatic nitrogens is 1. The summed E-state index contributed by atoms with van der Waals surface area (Å²) in [7, 11) is -0.345. The van der Waals surface area contributed by atoms with Crippen LogP contribution in [0.15, 0.2) is 82.1 Å². The monoisotopic (exact) mass is 609 g/mol. The van der Waals surface area contributed by atoms with E-state index in [4.69, 9.17) is 28.8 Å². The largest absolute Gasteiger partial charge is 0.493 e. The lowest BCUT2D eigenvalue weighted by molar-refractivity contribution is -0.0950. The van der Waals surface area contributed by atoms with E-state index < -0.39 is 15.6 Å². The predicted molar refractivity (Wildman–Crippen MR) is 161 cm³/mol. The molecule has 1 aromatic heterocycles. The fourth-order valence-corrected chi connectivity index (χ4v) is 5.91. The lowest BCUT2D eigenvalue weighted by Crippen LogP contribution is -2.35. The highest BCUT2D eigenvalue weighted by molar-refractivity contribution is 7.89. The third-order valence-electron chi connectivity index (χ3n) is 7.76. The minimum Gasteiger partial charge on any atom is -0.493 e. The van der Waals surface area contributed by atoms with Crippen molar-refractivity contribution in [2.45, 2.75) is 35.7 Å². The fourth-order valence-electron chi connectivity index (χ4n) is 5.39. The Morgan fingerprint density at radius 1 is 1.05 bits per heavy atom. The van der Waals surface area contributed by atoms with E-state index in [1.165, 1.54) is 24.3 Å². The van der Waals surface area contributed by atoms with Crippen LogP contribution in [0.2, 0.25) is 0 Å². The first-order valence-electron chi connectivity index (χ1n) is 14.1. The van der Waals surface area contributed by atoms with Gasteiger partial charge in [0.05, 0.1) is 23.0 Å². The van der Waals surface area contributed by atoms with Crippen LogP contribution in [0.3, 0.4) is 0 Å². The van der Waals surface area contributed by atoms with Gasteiger partial charge in [0.25, 0.3) is 0 Å². The lowest BCUT2D eigenvalue weighted by atomic mass is 9.86. The zero-order chi connectivity index (χ0) is 30.5. The molecule has 1 aliphatic rings. The Morgan fingerprint density at radius 2 is 1.77 bits per heavy atom. The van der Waals surface area contributed by atoms with Gasteiger partial charge in [-0.15, -0.1) is 0 Å². The second-order valence-corrected chi connectivity index (χ2v) is 12.1. The summed E-state index contributed by atoms with van der Waals surface area (Å²) in [4.78, 5) is 4.89. The number of nitrogens with one attached hydrogen (secondary N) is 1. The highest BCUT2D eigenvalue weighted by atomic mass is 32.2. The molecule has 0 radical (unpaired) electrons. The molecule has 0 aliphatic carbocycles. The summed E-state index contributed by atoms with van der Waals surface area (Å²) < 4.78 is 62.0. The Bertz CT molecular complexity index is 1620. The summed E-state index contributed by atoms with van der Waals surface area (Å²) >= 11 is 0. The van der Waals surface area contributed by atoms with Crippen LogP contribution in [0, 0.1) is 5.82 Å². The standard InChI is InChI=1S/C32H36FN3O6S/c1-35-21-24(12-15-41-27-19-25(18-26(33)20-27)32(39-2)13-16-40-17-14-32)31-36-29(30(42-31)23-6-4-3-5-7-23)22-8-10-28(11-9-22)43(34,37)38/h3-11,18-20,24,35H,12-17,21H2,1-2H3,(H2,34,37,38). The van der Waals surface area contributed by atoms with Crippen LogP contribution in [0.4, 0.5) is 4.39 Å². The van der Waals surface area contributed by atoms with E-state index in [1.807, 2.05) is 43.4 Å². The third-order valence-corrected chi connectivity index (χ3v) is 8.69. The number of ether oxygens (including phenoxy) is 3. The highest BCUT2D eigenvalue weighted by Gasteiger charge is 2.35. The van der Waals surface area contributed by atoms with E-state index in [0.717, 1.165) is 11.1 Å². The number of benzene rings is 3. The maximum absolute atomic E-state index is 14.7. The summed E-state index contributed by atoms with van der Waals surface area (Å²) in [5, 5.41) is 8.48. The molecule has 1 atom stereocenters. The number of nitrogens with two attached hydrogens (primary N) is 1. The van der Waals surface area contributed by atoms with E-state index in [1.54, 1.807) is 19.2 Å². The van der Waals surface area contributed by atoms with Crippen molar-refractivity contribution in [3.8, 4) is 28.3 Å². The molecule has 2 heterocycles. The smallest absolute Gasteiger partial charge is 0.238 e. The topological polar surface area (TPSA) is 126 Å². The van der Waals surface area contributed by atoms with E-state index in [-0.39, 0.29) is 16.6 Å². The first-order chi connectivity index (χ1) is 20.7. The number of primary sulfonamides is 1. The summed E-state index contributed by atoms with van der Waals surface area (Å²) in [5.41, 5.74) is 2.23. The Hall–Kier alpha value is -3.61. The molecule has 11 heteroatoms. The zero-order valence-electron chi connectivity index (χ0n) is 24.2. The molecule has 3 aromatic carbocycles. The molecule has 0 bridgehead atoms. The number of likely N-dealkylation sites (N-methyl/N-ethyl adjacent to an activating group) is 1. The minimum atomic E-state index is -3.83. The summed E-state index contributed by atoms with van der Waals surface area (Å²) in [6, 6.07) is 20.5. The van der Waals surface area contributed by atoms with Gasteiger partial charge in [0, 0.05) is 56.9 Å². The number of hydrogen-bond acceptors (Lipinski definition) is 8. The van der Waals surface area contributed by atoms with Gasteiger partial charge in [-0.2, -0.15) is 0 Å². The van der Waals surface area contributed by atoms with Crippen molar-refractivity contribution < 1.29 is 31.4 Å². The summed E-state index contributed by atoms with van der Waals surface area (Å²) in [6.07, 6.45) is 1.81. The normalized spacial score (nSPS) is 15.7. The second kappa shape index (κ2) is 13.4. The molecule has 0 saturated carbocycles. The molecule has 4 aromatic rings. The number of rotatable bonds is 12. The number of sulfonamides is 1. The van der Waals surface area contributed by atoms with Crippen molar-refractivity contribution in [3.05, 3.63) is 90.1 Å². The van der Waals surface area contributed by atoms with Gasteiger partial charge in [0.1, 0.15) is 17.3 Å². The van der Waals surface area contributed by atoms with Crippen LogP contribution >= 0.6 is 0 Å². The van der Waals surface area contributed by atoms with Gasteiger partial charge in [0.15, 0.2) is 11.7 Å². The molecule has 228 valence electrons. The molecule has 1 saturated heterocycles. The van der Waals surface area contributed by atoms with E-state index in [2.05, 4.69) is 5.32 Å². The number of nitrogens with zero attached hydrogens (tertiary/aromatic N) is 1.